The van der Waals surface area contributed by atoms with Gasteiger partial charge in [0.05, 0.1) is 5.60 Å². The fourth-order valence-electron chi connectivity index (χ4n) is 3.51. The molecule has 1 unspecified atom stereocenters. The summed E-state index contributed by atoms with van der Waals surface area (Å²) >= 11 is 0. The molecular formula is C12H23NO. The predicted molar refractivity (Wildman–Crippen MR) is 58.1 cm³/mol. The Labute approximate surface area is 87.4 Å². The highest BCUT2D eigenvalue weighted by atomic mass is 16.5. The maximum Gasteiger partial charge on any atom is 0.121 e. The summed E-state index contributed by atoms with van der Waals surface area (Å²) in [7, 11) is 0. The molecule has 0 aromatic rings. The largest absolute Gasteiger partial charge is 0.355 e. The van der Waals surface area contributed by atoms with Crippen LogP contribution in [-0.2, 0) is 4.74 Å². The van der Waals surface area contributed by atoms with Gasteiger partial charge in [0, 0.05) is 6.04 Å². The van der Waals surface area contributed by atoms with Crippen LogP contribution in [0, 0.1) is 5.41 Å². The van der Waals surface area contributed by atoms with Crippen LogP contribution in [0.15, 0.2) is 0 Å². The number of nitrogens with one attached hydrogen (secondary N) is 1. The van der Waals surface area contributed by atoms with Gasteiger partial charge in [0.1, 0.15) is 5.72 Å². The van der Waals surface area contributed by atoms with Crippen molar-refractivity contribution in [2.24, 2.45) is 5.41 Å². The van der Waals surface area contributed by atoms with Crippen LogP contribution in [0.4, 0.5) is 0 Å². The van der Waals surface area contributed by atoms with Crippen molar-refractivity contribution < 1.29 is 4.74 Å². The zero-order chi connectivity index (χ0) is 10.6. The molecule has 0 radical (unpaired) electrons. The molecule has 1 aliphatic heterocycles. The summed E-state index contributed by atoms with van der Waals surface area (Å²) in [6, 6.07) is 0.579. The molecular weight excluding hydrogens is 174 g/mol. The summed E-state index contributed by atoms with van der Waals surface area (Å²) in [5.74, 6) is 0. The van der Waals surface area contributed by atoms with Crippen LogP contribution in [0.2, 0.25) is 0 Å². The Balaban J connectivity index is 2.08. The second-order valence-corrected chi connectivity index (χ2v) is 6.62. The summed E-state index contributed by atoms with van der Waals surface area (Å²) in [5, 5.41) is 3.62. The lowest BCUT2D eigenvalue weighted by molar-refractivity contribution is -0.262. The van der Waals surface area contributed by atoms with E-state index in [1.807, 2.05) is 0 Å². The number of hydrogen-bond donors (Lipinski definition) is 1. The SMILES string of the molecule is CC1CC(C)(C)OC2(CC(C)(C)C2)N1. The van der Waals surface area contributed by atoms with Gasteiger partial charge in [-0.25, -0.2) is 0 Å². The first-order valence-electron chi connectivity index (χ1n) is 5.70. The highest BCUT2D eigenvalue weighted by Gasteiger charge is 2.55. The van der Waals surface area contributed by atoms with Crippen LogP contribution in [0.1, 0.15) is 53.9 Å². The summed E-state index contributed by atoms with van der Waals surface area (Å²) < 4.78 is 6.19. The van der Waals surface area contributed by atoms with Gasteiger partial charge in [0.25, 0.3) is 0 Å². The minimum atomic E-state index is -0.00926. The molecule has 2 heteroatoms. The van der Waals surface area contributed by atoms with Gasteiger partial charge in [-0.05, 0) is 45.4 Å². The molecule has 1 N–H and O–H groups in total. The molecule has 1 aliphatic carbocycles. The third-order valence-corrected chi connectivity index (χ3v) is 3.31. The second-order valence-electron chi connectivity index (χ2n) is 6.62. The smallest absolute Gasteiger partial charge is 0.121 e. The first-order valence-corrected chi connectivity index (χ1v) is 5.70. The Hall–Kier alpha value is -0.0800. The van der Waals surface area contributed by atoms with E-state index in [4.69, 9.17) is 4.74 Å². The van der Waals surface area contributed by atoms with Crippen LogP contribution in [0.5, 0.6) is 0 Å². The quantitative estimate of drug-likeness (QED) is 0.644. The van der Waals surface area contributed by atoms with Gasteiger partial charge in [0.15, 0.2) is 0 Å². The summed E-state index contributed by atoms with van der Waals surface area (Å²) in [6.07, 6.45) is 3.40. The molecule has 82 valence electrons. The summed E-state index contributed by atoms with van der Waals surface area (Å²) in [4.78, 5) is 0. The van der Waals surface area contributed by atoms with Gasteiger partial charge in [0.2, 0.25) is 0 Å². The summed E-state index contributed by atoms with van der Waals surface area (Å²) in [6.45, 7) is 11.3. The molecule has 0 aromatic heterocycles. The van der Waals surface area contributed by atoms with Crippen molar-refractivity contribution in [2.45, 2.75) is 71.2 Å². The van der Waals surface area contributed by atoms with Crippen molar-refractivity contribution >= 4 is 0 Å². The molecule has 2 fully saturated rings. The fraction of sp³-hybridized carbons (Fsp3) is 1.00. The monoisotopic (exact) mass is 197 g/mol. The molecule has 2 rings (SSSR count). The molecule has 2 aliphatic rings. The van der Waals surface area contributed by atoms with Crippen LogP contribution in [0.25, 0.3) is 0 Å². The molecule has 1 saturated carbocycles. The highest BCUT2D eigenvalue weighted by Crippen LogP contribution is 2.52. The van der Waals surface area contributed by atoms with Crippen molar-refractivity contribution in [1.29, 1.82) is 0 Å². The fourth-order valence-corrected chi connectivity index (χ4v) is 3.51. The average molecular weight is 197 g/mol. The van der Waals surface area contributed by atoms with E-state index < -0.39 is 0 Å². The van der Waals surface area contributed by atoms with E-state index in [2.05, 4.69) is 39.9 Å². The molecule has 1 spiro atoms. The first-order chi connectivity index (χ1) is 6.22. The summed E-state index contributed by atoms with van der Waals surface area (Å²) in [5.41, 5.74) is 0.492. The zero-order valence-electron chi connectivity index (χ0n) is 10.1. The van der Waals surface area contributed by atoms with Gasteiger partial charge in [-0.2, -0.15) is 0 Å². The number of hydrogen-bond acceptors (Lipinski definition) is 2. The lowest BCUT2D eigenvalue weighted by Gasteiger charge is -2.59. The normalized spacial score (nSPS) is 37.9. The van der Waals surface area contributed by atoms with Gasteiger partial charge in [-0.1, -0.05) is 13.8 Å². The van der Waals surface area contributed by atoms with Crippen molar-refractivity contribution in [2.75, 3.05) is 0 Å². The maximum atomic E-state index is 6.19. The number of rotatable bonds is 0. The van der Waals surface area contributed by atoms with Gasteiger partial charge in [-0.3, -0.25) is 5.32 Å². The molecule has 1 atom stereocenters. The minimum Gasteiger partial charge on any atom is -0.355 e. The highest BCUT2D eigenvalue weighted by molar-refractivity contribution is 5.04. The Morgan fingerprint density at radius 2 is 1.71 bits per heavy atom. The van der Waals surface area contributed by atoms with Crippen LogP contribution >= 0.6 is 0 Å². The van der Waals surface area contributed by atoms with E-state index in [-0.39, 0.29) is 11.3 Å². The first kappa shape index (κ1) is 10.4. The molecule has 1 heterocycles. The molecule has 2 nitrogen and oxygen atoms in total. The van der Waals surface area contributed by atoms with Crippen molar-refractivity contribution in [3.63, 3.8) is 0 Å². The Kier molecular flexibility index (Phi) is 2.04. The Morgan fingerprint density at radius 1 is 1.14 bits per heavy atom. The zero-order valence-corrected chi connectivity index (χ0v) is 10.1. The standard InChI is InChI=1S/C12H23NO/c1-9-6-11(4,5)14-12(13-9)7-10(2,3)8-12/h9,13H,6-8H2,1-5H3. The van der Waals surface area contributed by atoms with Gasteiger partial charge < -0.3 is 4.74 Å². The lowest BCUT2D eigenvalue weighted by Crippen LogP contribution is -2.68. The third kappa shape index (κ3) is 1.82. The minimum absolute atomic E-state index is 0.00926. The van der Waals surface area contributed by atoms with Crippen LogP contribution < -0.4 is 5.32 Å². The molecule has 1 saturated heterocycles. The Morgan fingerprint density at radius 3 is 2.14 bits per heavy atom. The lowest BCUT2D eigenvalue weighted by atomic mass is 9.64. The van der Waals surface area contributed by atoms with Crippen molar-refractivity contribution in [3.05, 3.63) is 0 Å². The van der Waals surface area contributed by atoms with E-state index in [9.17, 15) is 0 Å². The molecule has 0 amide bonds. The van der Waals surface area contributed by atoms with Crippen LogP contribution in [0.3, 0.4) is 0 Å². The van der Waals surface area contributed by atoms with E-state index in [0.717, 1.165) is 19.3 Å². The van der Waals surface area contributed by atoms with E-state index in [1.165, 1.54) is 0 Å². The predicted octanol–water partition coefficient (Wildman–Crippen LogP) is 2.68. The average Bonchev–Trinajstić information content (AvgIpc) is 1.73. The molecule has 14 heavy (non-hydrogen) atoms. The van der Waals surface area contributed by atoms with Crippen LogP contribution in [-0.4, -0.2) is 17.4 Å². The Bertz CT molecular complexity index is 231. The number of ether oxygens (including phenoxy) is 1. The second kappa shape index (κ2) is 2.73. The van der Waals surface area contributed by atoms with Crippen molar-refractivity contribution in [3.8, 4) is 0 Å². The van der Waals surface area contributed by atoms with Gasteiger partial charge in [-0.15, -0.1) is 0 Å². The maximum absolute atomic E-state index is 6.19. The topological polar surface area (TPSA) is 21.3 Å². The third-order valence-electron chi connectivity index (χ3n) is 3.31. The molecule has 0 bridgehead atoms. The van der Waals surface area contributed by atoms with E-state index in [0.29, 0.717) is 11.5 Å². The van der Waals surface area contributed by atoms with Gasteiger partial charge >= 0.3 is 0 Å². The van der Waals surface area contributed by atoms with Crippen molar-refractivity contribution in [1.82, 2.24) is 5.32 Å². The van der Waals surface area contributed by atoms with E-state index >= 15 is 0 Å². The van der Waals surface area contributed by atoms with E-state index in [1.54, 1.807) is 0 Å². The molecule has 0 aromatic carbocycles.